The summed E-state index contributed by atoms with van der Waals surface area (Å²) in [4.78, 5) is 14.8. The van der Waals surface area contributed by atoms with Crippen LogP contribution in [0.15, 0.2) is 35.5 Å². The molecule has 0 bridgehead atoms. The van der Waals surface area contributed by atoms with Crippen LogP contribution < -0.4 is 0 Å². The number of benzene rings is 1. The number of hydrogen-bond donors (Lipinski definition) is 2. The first kappa shape index (κ1) is 13.8. The molecule has 104 valence electrons. The molecule has 0 spiro atoms. The number of carboxylic acids is 1. The molecular formula is C14H15N3O3. The molecule has 2 rings (SSSR count). The molecule has 0 unspecified atom stereocenters. The maximum absolute atomic E-state index is 10.6. The average Bonchev–Trinajstić information content (AvgIpc) is 2.81. The number of aryl methyl sites for hydroxylation is 2. The summed E-state index contributed by atoms with van der Waals surface area (Å²) in [5, 5.41) is 22.7. The van der Waals surface area contributed by atoms with E-state index >= 15 is 0 Å². The molecule has 0 saturated heterocycles. The highest BCUT2D eigenvalue weighted by Gasteiger charge is 2.07. The van der Waals surface area contributed by atoms with Gasteiger partial charge in [-0.3, -0.25) is 9.48 Å². The number of hydrogen-bond acceptors (Lipinski definition) is 4. The van der Waals surface area contributed by atoms with Crippen LogP contribution in [-0.4, -0.2) is 32.2 Å². The summed E-state index contributed by atoms with van der Waals surface area (Å²) in [6.45, 7) is 0. The van der Waals surface area contributed by atoms with Crippen molar-refractivity contribution in [2.75, 3.05) is 0 Å². The van der Waals surface area contributed by atoms with Gasteiger partial charge in [0.2, 0.25) is 0 Å². The highest BCUT2D eigenvalue weighted by Crippen LogP contribution is 2.21. The van der Waals surface area contributed by atoms with Gasteiger partial charge in [-0.25, -0.2) is 4.99 Å². The molecule has 1 aromatic heterocycles. The van der Waals surface area contributed by atoms with Crippen molar-refractivity contribution in [2.24, 2.45) is 12.0 Å². The van der Waals surface area contributed by atoms with E-state index < -0.39 is 5.97 Å². The Hall–Kier alpha value is -2.63. The van der Waals surface area contributed by atoms with Crippen LogP contribution in [0.2, 0.25) is 0 Å². The van der Waals surface area contributed by atoms with Crippen LogP contribution in [0.3, 0.4) is 0 Å². The molecule has 0 fully saturated rings. The minimum absolute atomic E-state index is 0.00782. The summed E-state index contributed by atoms with van der Waals surface area (Å²) in [5.41, 5.74) is 1.27. The highest BCUT2D eigenvalue weighted by atomic mass is 16.4. The Bertz CT molecular complexity index is 647. The number of aliphatic carboxylic acids is 1. The van der Waals surface area contributed by atoms with Crippen LogP contribution in [0, 0.1) is 0 Å². The van der Waals surface area contributed by atoms with Crippen LogP contribution in [0.4, 0.5) is 5.82 Å². The number of phenols is 1. The normalized spacial score (nSPS) is 11.1. The van der Waals surface area contributed by atoms with Crippen LogP contribution in [-0.2, 0) is 18.3 Å². The van der Waals surface area contributed by atoms with Crippen LogP contribution >= 0.6 is 0 Å². The zero-order valence-electron chi connectivity index (χ0n) is 11.0. The quantitative estimate of drug-likeness (QED) is 0.814. The van der Waals surface area contributed by atoms with E-state index in [1.165, 1.54) is 6.21 Å². The molecule has 2 N–H and O–H groups in total. The van der Waals surface area contributed by atoms with E-state index in [2.05, 4.69) is 10.1 Å². The first-order chi connectivity index (χ1) is 9.56. The lowest BCUT2D eigenvalue weighted by molar-refractivity contribution is -0.136. The lowest BCUT2D eigenvalue weighted by Crippen LogP contribution is -2.00. The van der Waals surface area contributed by atoms with Crippen molar-refractivity contribution in [3.8, 4) is 5.75 Å². The Morgan fingerprint density at radius 3 is 2.90 bits per heavy atom. The number of aliphatic imine (C=N–C) groups is 1. The van der Waals surface area contributed by atoms with Gasteiger partial charge in [0.05, 0.1) is 0 Å². The van der Waals surface area contributed by atoms with Crippen molar-refractivity contribution in [1.82, 2.24) is 9.78 Å². The van der Waals surface area contributed by atoms with Crippen molar-refractivity contribution in [3.63, 3.8) is 0 Å². The molecule has 0 aliphatic rings. The lowest BCUT2D eigenvalue weighted by Gasteiger charge is -2.06. The predicted molar refractivity (Wildman–Crippen MR) is 74.5 cm³/mol. The van der Waals surface area contributed by atoms with Crippen molar-refractivity contribution in [3.05, 3.63) is 41.6 Å². The fraction of sp³-hybridized carbons (Fsp3) is 0.214. The van der Waals surface area contributed by atoms with E-state index in [0.29, 0.717) is 17.8 Å². The van der Waals surface area contributed by atoms with Crippen LogP contribution in [0.25, 0.3) is 0 Å². The molecular weight excluding hydrogens is 258 g/mol. The largest absolute Gasteiger partial charge is 0.507 e. The lowest BCUT2D eigenvalue weighted by atomic mass is 10.0. The Kier molecular flexibility index (Phi) is 4.14. The van der Waals surface area contributed by atoms with Crippen molar-refractivity contribution < 1.29 is 15.0 Å². The summed E-state index contributed by atoms with van der Waals surface area (Å²) >= 11 is 0. The fourth-order valence-corrected chi connectivity index (χ4v) is 1.81. The van der Waals surface area contributed by atoms with E-state index in [-0.39, 0.29) is 12.2 Å². The molecule has 0 saturated carbocycles. The molecule has 1 heterocycles. The van der Waals surface area contributed by atoms with Crippen LogP contribution in [0.1, 0.15) is 17.5 Å². The Morgan fingerprint density at radius 1 is 1.45 bits per heavy atom. The van der Waals surface area contributed by atoms with Gasteiger partial charge in [0, 0.05) is 37.5 Å². The molecule has 20 heavy (non-hydrogen) atoms. The van der Waals surface area contributed by atoms with Gasteiger partial charge in [-0.05, 0) is 18.1 Å². The number of carboxylic acid groups (broad SMARTS) is 1. The zero-order chi connectivity index (χ0) is 14.5. The molecule has 0 amide bonds. The Morgan fingerprint density at radius 2 is 2.25 bits per heavy atom. The number of rotatable bonds is 5. The molecule has 6 heteroatoms. The first-order valence-corrected chi connectivity index (χ1v) is 6.12. The average molecular weight is 273 g/mol. The number of phenolic OH excluding ortho intramolecular Hbond substituents is 1. The zero-order valence-corrected chi connectivity index (χ0v) is 11.0. The number of aromatic nitrogens is 2. The monoisotopic (exact) mass is 273 g/mol. The minimum atomic E-state index is -0.874. The predicted octanol–water partition coefficient (Wildman–Crippen LogP) is 1.89. The molecule has 2 aromatic rings. The van der Waals surface area contributed by atoms with Crippen molar-refractivity contribution >= 4 is 18.0 Å². The summed E-state index contributed by atoms with van der Waals surface area (Å²) < 4.78 is 1.63. The van der Waals surface area contributed by atoms with E-state index in [1.54, 1.807) is 42.2 Å². The van der Waals surface area contributed by atoms with Gasteiger partial charge in [0.15, 0.2) is 5.82 Å². The van der Waals surface area contributed by atoms with E-state index in [4.69, 9.17) is 5.11 Å². The van der Waals surface area contributed by atoms with Crippen LogP contribution in [0.5, 0.6) is 5.75 Å². The van der Waals surface area contributed by atoms with Gasteiger partial charge in [-0.15, -0.1) is 0 Å². The third-order valence-electron chi connectivity index (χ3n) is 2.81. The number of nitrogens with zero attached hydrogens (tertiary/aromatic N) is 3. The maximum Gasteiger partial charge on any atom is 0.303 e. The second-order valence-corrected chi connectivity index (χ2v) is 4.35. The topological polar surface area (TPSA) is 87.7 Å². The Labute approximate surface area is 116 Å². The smallest absolute Gasteiger partial charge is 0.303 e. The molecule has 0 atom stereocenters. The summed E-state index contributed by atoms with van der Waals surface area (Å²) in [5.74, 6) is -0.270. The van der Waals surface area contributed by atoms with Crippen molar-refractivity contribution in [2.45, 2.75) is 12.8 Å². The Balaban J connectivity index is 2.25. The molecule has 1 aromatic carbocycles. The van der Waals surface area contributed by atoms with E-state index in [9.17, 15) is 9.90 Å². The number of carbonyl (C=O) groups is 1. The molecule has 0 aliphatic carbocycles. The molecule has 6 nitrogen and oxygen atoms in total. The molecule has 0 aliphatic heterocycles. The van der Waals surface area contributed by atoms with Gasteiger partial charge in [0.1, 0.15) is 5.75 Å². The third kappa shape index (κ3) is 3.44. The maximum atomic E-state index is 10.6. The van der Waals surface area contributed by atoms with E-state index in [1.807, 2.05) is 0 Å². The minimum Gasteiger partial charge on any atom is -0.507 e. The highest BCUT2D eigenvalue weighted by molar-refractivity contribution is 5.87. The first-order valence-electron chi connectivity index (χ1n) is 6.12. The third-order valence-corrected chi connectivity index (χ3v) is 2.81. The summed E-state index contributed by atoms with van der Waals surface area (Å²) in [6.07, 6.45) is 3.62. The van der Waals surface area contributed by atoms with Gasteiger partial charge in [-0.2, -0.15) is 5.10 Å². The fourth-order valence-electron chi connectivity index (χ4n) is 1.81. The van der Waals surface area contributed by atoms with Gasteiger partial charge in [0.25, 0.3) is 0 Å². The van der Waals surface area contributed by atoms with E-state index in [0.717, 1.165) is 5.56 Å². The SMILES string of the molecule is Cn1ccc(N=Cc2c(O)cccc2CCC(=O)O)n1. The van der Waals surface area contributed by atoms with Crippen molar-refractivity contribution in [1.29, 1.82) is 0 Å². The summed E-state index contributed by atoms with van der Waals surface area (Å²) in [7, 11) is 1.79. The number of aromatic hydroxyl groups is 1. The van der Waals surface area contributed by atoms with Gasteiger partial charge in [-0.1, -0.05) is 12.1 Å². The van der Waals surface area contributed by atoms with Gasteiger partial charge >= 0.3 is 5.97 Å². The second kappa shape index (κ2) is 6.01. The second-order valence-electron chi connectivity index (χ2n) is 4.35. The molecule has 0 radical (unpaired) electrons. The van der Waals surface area contributed by atoms with Gasteiger partial charge < -0.3 is 10.2 Å². The standard InChI is InChI=1S/C14H15N3O3/c1-17-8-7-13(16-17)15-9-11-10(5-6-14(19)20)3-2-4-12(11)18/h2-4,7-9,18H,5-6H2,1H3,(H,19,20). The summed E-state index contributed by atoms with van der Waals surface area (Å²) in [6, 6.07) is 6.75.